The van der Waals surface area contributed by atoms with Crippen molar-refractivity contribution in [3.05, 3.63) is 0 Å². The minimum absolute atomic E-state index is 0.180. The topological polar surface area (TPSA) is 40.6 Å². The molecule has 21 heavy (non-hydrogen) atoms. The molecule has 2 aliphatic rings. The van der Waals surface area contributed by atoms with Crippen LogP contribution in [0.2, 0.25) is 0 Å². The van der Waals surface area contributed by atoms with Gasteiger partial charge in [-0.15, -0.1) is 0 Å². The third-order valence-electron chi connectivity index (χ3n) is 4.66. The predicted molar refractivity (Wildman–Crippen MR) is 86.2 cm³/mol. The van der Waals surface area contributed by atoms with Crippen LogP contribution in [-0.4, -0.2) is 54.2 Å². The molecule has 2 heterocycles. The van der Waals surface area contributed by atoms with Gasteiger partial charge in [-0.1, -0.05) is 20.8 Å². The monoisotopic (exact) mass is 296 g/mol. The van der Waals surface area contributed by atoms with Gasteiger partial charge in [0.05, 0.1) is 6.54 Å². The van der Waals surface area contributed by atoms with Crippen molar-refractivity contribution in [1.82, 2.24) is 9.80 Å². The lowest BCUT2D eigenvalue weighted by molar-refractivity contribution is -0.136. The zero-order chi connectivity index (χ0) is 15.8. The Morgan fingerprint density at radius 2 is 1.48 bits per heavy atom. The first-order valence-electron chi connectivity index (χ1n) is 8.57. The Morgan fingerprint density at radius 1 is 0.952 bits per heavy atom. The van der Waals surface area contributed by atoms with E-state index in [-0.39, 0.29) is 17.6 Å². The summed E-state index contributed by atoms with van der Waals surface area (Å²) < 4.78 is 0. The van der Waals surface area contributed by atoms with Crippen molar-refractivity contribution < 1.29 is 9.59 Å². The molecule has 0 aromatic rings. The molecule has 0 saturated carbocycles. The quantitative estimate of drug-likeness (QED) is 0.803. The highest BCUT2D eigenvalue weighted by Gasteiger charge is 2.26. The van der Waals surface area contributed by atoms with Gasteiger partial charge in [-0.2, -0.15) is 0 Å². The summed E-state index contributed by atoms with van der Waals surface area (Å²) in [6.07, 6.45) is 4.11. The second-order valence-corrected chi connectivity index (χ2v) is 6.22. The molecule has 0 spiro atoms. The van der Waals surface area contributed by atoms with Crippen molar-refractivity contribution in [2.45, 2.75) is 53.4 Å². The Bertz CT molecular complexity index is 328. The van der Waals surface area contributed by atoms with Gasteiger partial charge in [0.25, 0.3) is 0 Å². The highest BCUT2D eigenvalue weighted by atomic mass is 16.2. The number of carbonyl (C=O) groups excluding carboxylic acids is 2. The maximum atomic E-state index is 12.2. The standard InChI is InChI=1S/C15H26N2O2.C2H6/c1-12-3-7-16(8-4-12)11-15(19)17-9-5-14(6-10-17)13(2)18;1-2/h12,14H,3-11H2,1-2H3;1-2H3. The molecule has 0 aromatic heterocycles. The summed E-state index contributed by atoms with van der Waals surface area (Å²) in [7, 11) is 0. The molecule has 2 aliphatic heterocycles. The van der Waals surface area contributed by atoms with Crippen LogP contribution in [0.5, 0.6) is 0 Å². The molecule has 0 N–H and O–H groups in total. The minimum Gasteiger partial charge on any atom is -0.342 e. The summed E-state index contributed by atoms with van der Waals surface area (Å²) in [6, 6.07) is 0. The fourth-order valence-electron chi connectivity index (χ4n) is 3.05. The Balaban J connectivity index is 0.00000106. The normalized spacial score (nSPS) is 21.6. The molecule has 2 rings (SSSR count). The zero-order valence-electron chi connectivity index (χ0n) is 14.2. The van der Waals surface area contributed by atoms with Crippen LogP contribution in [0.25, 0.3) is 0 Å². The van der Waals surface area contributed by atoms with Crippen LogP contribution in [0.15, 0.2) is 0 Å². The van der Waals surface area contributed by atoms with Crippen LogP contribution in [0.3, 0.4) is 0 Å². The van der Waals surface area contributed by atoms with Gasteiger partial charge in [0.15, 0.2) is 0 Å². The summed E-state index contributed by atoms with van der Waals surface area (Å²) in [4.78, 5) is 27.8. The molecule has 1 amide bonds. The van der Waals surface area contributed by atoms with Gasteiger partial charge in [0.2, 0.25) is 5.91 Å². The van der Waals surface area contributed by atoms with Crippen molar-refractivity contribution in [3.8, 4) is 0 Å². The Kier molecular flexibility index (Phi) is 7.94. The van der Waals surface area contributed by atoms with E-state index in [1.807, 2.05) is 18.7 Å². The average Bonchev–Trinajstić information content (AvgIpc) is 2.51. The van der Waals surface area contributed by atoms with E-state index in [9.17, 15) is 9.59 Å². The third kappa shape index (κ3) is 5.77. The average molecular weight is 296 g/mol. The smallest absolute Gasteiger partial charge is 0.236 e. The Labute approximate surface area is 129 Å². The SMILES string of the molecule is CC.CC(=O)C1CCN(C(=O)CN2CCC(C)CC2)CC1. The van der Waals surface area contributed by atoms with Crippen LogP contribution < -0.4 is 0 Å². The van der Waals surface area contributed by atoms with Crippen LogP contribution in [0.4, 0.5) is 0 Å². The van der Waals surface area contributed by atoms with Crippen molar-refractivity contribution in [1.29, 1.82) is 0 Å². The van der Waals surface area contributed by atoms with Crippen LogP contribution in [0, 0.1) is 11.8 Å². The molecular formula is C17H32N2O2. The molecule has 4 heteroatoms. The number of piperidine rings is 2. The molecular weight excluding hydrogens is 264 g/mol. The lowest BCUT2D eigenvalue weighted by Gasteiger charge is -2.34. The van der Waals surface area contributed by atoms with Crippen LogP contribution >= 0.6 is 0 Å². The number of nitrogens with zero attached hydrogens (tertiary/aromatic N) is 2. The van der Waals surface area contributed by atoms with Gasteiger partial charge < -0.3 is 4.90 Å². The highest BCUT2D eigenvalue weighted by Crippen LogP contribution is 2.19. The molecule has 0 bridgehead atoms. The van der Waals surface area contributed by atoms with E-state index < -0.39 is 0 Å². The molecule has 0 atom stereocenters. The summed E-state index contributed by atoms with van der Waals surface area (Å²) in [5.41, 5.74) is 0. The number of hydrogen-bond donors (Lipinski definition) is 0. The maximum absolute atomic E-state index is 12.2. The van der Waals surface area contributed by atoms with Crippen molar-refractivity contribution in [2.24, 2.45) is 11.8 Å². The number of hydrogen-bond acceptors (Lipinski definition) is 3. The van der Waals surface area contributed by atoms with E-state index in [0.29, 0.717) is 6.54 Å². The first-order valence-corrected chi connectivity index (χ1v) is 8.57. The lowest BCUT2D eigenvalue weighted by atomic mass is 9.93. The largest absolute Gasteiger partial charge is 0.342 e. The second kappa shape index (κ2) is 9.19. The number of Topliss-reactive ketones (excluding diaryl/α,β-unsaturated/α-hetero) is 1. The molecule has 4 nitrogen and oxygen atoms in total. The van der Waals surface area contributed by atoms with E-state index in [0.717, 1.165) is 44.9 Å². The van der Waals surface area contributed by atoms with Gasteiger partial charge in [-0.25, -0.2) is 0 Å². The Hall–Kier alpha value is -0.900. The second-order valence-electron chi connectivity index (χ2n) is 6.22. The molecule has 0 aromatic carbocycles. The molecule has 2 saturated heterocycles. The number of ketones is 1. The Morgan fingerprint density at radius 3 is 1.95 bits per heavy atom. The number of carbonyl (C=O) groups is 2. The van der Waals surface area contributed by atoms with Gasteiger partial charge in [-0.3, -0.25) is 14.5 Å². The zero-order valence-corrected chi connectivity index (χ0v) is 14.2. The fourth-order valence-corrected chi connectivity index (χ4v) is 3.05. The third-order valence-corrected chi connectivity index (χ3v) is 4.66. The summed E-state index contributed by atoms with van der Waals surface area (Å²) in [5.74, 6) is 1.51. The highest BCUT2D eigenvalue weighted by molar-refractivity contribution is 5.80. The molecule has 0 unspecified atom stereocenters. The van der Waals surface area contributed by atoms with Crippen molar-refractivity contribution >= 4 is 11.7 Å². The number of amides is 1. The summed E-state index contributed by atoms with van der Waals surface area (Å²) >= 11 is 0. The molecule has 122 valence electrons. The summed E-state index contributed by atoms with van der Waals surface area (Å²) in [5, 5.41) is 0. The first-order chi connectivity index (χ1) is 10.1. The fraction of sp³-hybridized carbons (Fsp3) is 0.882. The minimum atomic E-state index is 0.180. The van der Waals surface area contributed by atoms with Gasteiger partial charge in [0.1, 0.15) is 5.78 Å². The molecule has 0 aliphatic carbocycles. The first kappa shape index (κ1) is 18.1. The van der Waals surface area contributed by atoms with Crippen LogP contribution in [0.1, 0.15) is 53.4 Å². The van der Waals surface area contributed by atoms with Crippen molar-refractivity contribution in [3.63, 3.8) is 0 Å². The summed E-state index contributed by atoms with van der Waals surface area (Å²) in [6.45, 7) is 12.1. The van der Waals surface area contributed by atoms with E-state index in [4.69, 9.17) is 0 Å². The molecule has 0 radical (unpaired) electrons. The maximum Gasteiger partial charge on any atom is 0.236 e. The van der Waals surface area contributed by atoms with E-state index >= 15 is 0 Å². The van der Waals surface area contributed by atoms with E-state index in [2.05, 4.69) is 11.8 Å². The lowest BCUT2D eigenvalue weighted by Crippen LogP contribution is -2.46. The number of likely N-dealkylation sites (tertiary alicyclic amines) is 2. The molecule has 2 fully saturated rings. The number of rotatable bonds is 3. The van der Waals surface area contributed by atoms with Gasteiger partial charge in [0, 0.05) is 19.0 Å². The van der Waals surface area contributed by atoms with Crippen molar-refractivity contribution in [2.75, 3.05) is 32.7 Å². The predicted octanol–water partition coefficient (Wildman–Crippen LogP) is 2.57. The van der Waals surface area contributed by atoms with E-state index in [1.165, 1.54) is 12.8 Å². The van der Waals surface area contributed by atoms with E-state index in [1.54, 1.807) is 6.92 Å². The van der Waals surface area contributed by atoms with Gasteiger partial charge >= 0.3 is 0 Å². The van der Waals surface area contributed by atoms with Gasteiger partial charge in [-0.05, 0) is 51.6 Å². The van der Waals surface area contributed by atoms with Crippen LogP contribution in [-0.2, 0) is 9.59 Å².